The first-order valence-electron chi connectivity index (χ1n) is 4.73. The fraction of sp³-hybridized carbons (Fsp3) is 1.00. The third-order valence-electron chi connectivity index (χ3n) is 0.447. The minimum absolute atomic E-state index is 0. The van der Waals surface area contributed by atoms with Crippen LogP contribution >= 0.6 is 0 Å². The molecule has 15 heavy (non-hydrogen) atoms. The van der Waals surface area contributed by atoms with E-state index in [9.17, 15) is 0 Å². The molecule has 4 nitrogen and oxygen atoms in total. The van der Waals surface area contributed by atoms with Crippen molar-refractivity contribution < 1.29 is 22.4 Å². The predicted octanol–water partition coefficient (Wildman–Crippen LogP) is 3.26. The average Bonchev–Trinajstić information content (AvgIpc) is 2.09. The summed E-state index contributed by atoms with van der Waals surface area (Å²) in [5, 5.41) is 14.5. The first-order valence-corrected chi connectivity index (χ1v) is 4.73. The van der Waals surface area contributed by atoms with Crippen molar-refractivity contribution >= 4 is 0 Å². The molecule has 0 heterocycles. The van der Waals surface area contributed by atoms with Gasteiger partial charge in [0, 0.05) is 22.4 Å². The summed E-state index contributed by atoms with van der Waals surface area (Å²) in [6.45, 7) is 6.03. The Balaban J connectivity index is -0.0000000300. The van der Waals surface area contributed by atoms with Gasteiger partial charge in [0.1, 0.15) is 0 Å². The van der Waals surface area contributed by atoms with Gasteiger partial charge in [0.2, 0.25) is 0 Å². The summed E-state index contributed by atoms with van der Waals surface area (Å²) in [6, 6.07) is 0. The van der Waals surface area contributed by atoms with Gasteiger partial charge in [-0.25, -0.2) is 0 Å². The summed E-state index contributed by atoms with van der Waals surface area (Å²) in [5.74, 6) is 0. The molecule has 0 amide bonds. The van der Waals surface area contributed by atoms with Crippen LogP contribution in [0.2, 0.25) is 0 Å². The van der Waals surface area contributed by atoms with E-state index < -0.39 is 0 Å². The fourth-order valence-electron chi connectivity index (χ4n) is 0.224. The Hall–Kier alpha value is 0.580. The zero-order chi connectivity index (χ0) is 12.2. The second-order valence-electron chi connectivity index (χ2n) is 2.20. The molecule has 0 unspecified atom stereocenters. The van der Waals surface area contributed by atoms with E-state index in [-0.39, 0.29) is 22.4 Å². The van der Waals surface area contributed by atoms with Crippen LogP contribution in [0.15, 0.2) is 0 Å². The average molecular weight is 385 g/mol. The van der Waals surface area contributed by atoms with Gasteiger partial charge < -0.3 is 21.3 Å². The van der Waals surface area contributed by atoms with Crippen LogP contribution in [0.4, 0.5) is 0 Å². The number of hydrogen-bond donors (Lipinski definition) is 0. The van der Waals surface area contributed by atoms with E-state index in [1.54, 1.807) is 42.3 Å². The first kappa shape index (κ1) is 29.6. The third-order valence-corrected chi connectivity index (χ3v) is 0.447. The van der Waals surface area contributed by atoms with Crippen LogP contribution in [0.5, 0.6) is 0 Å². The fourth-order valence-corrected chi connectivity index (χ4v) is 0.224. The minimum Gasteiger partial charge on any atom is -0.668 e. The van der Waals surface area contributed by atoms with Gasteiger partial charge in [0.05, 0.1) is 0 Å². The molecule has 0 aliphatic rings. The molecule has 0 aliphatic heterocycles. The molecule has 0 saturated carbocycles. The minimum atomic E-state index is 0. The number of hydrogen-bond acceptors (Lipinski definition) is 0. The summed E-state index contributed by atoms with van der Waals surface area (Å²) < 4.78 is 0. The van der Waals surface area contributed by atoms with E-state index in [2.05, 4.69) is 21.3 Å². The van der Waals surface area contributed by atoms with Gasteiger partial charge in [0.15, 0.2) is 0 Å². The van der Waals surface area contributed by atoms with Gasteiger partial charge in [-0.1, -0.05) is 13.8 Å². The molecule has 0 N–H and O–H groups in total. The standard InChI is InChI=1S/C4H10N.3C2H6N.Ta/c1-3-5-4-2;3*1-3-2;/h3-4H2,1-2H3;3*1-2H3;/q4*-1;. The van der Waals surface area contributed by atoms with Crippen molar-refractivity contribution in [3.8, 4) is 0 Å². The van der Waals surface area contributed by atoms with Crippen molar-refractivity contribution in [2.45, 2.75) is 13.8 Å². The molecule has 0 rings (SSSR count). The molecule has 0 spiro atoms. The summed E-state index contributed by atoms with van der Waals surface area (Å²) in [5.41, 5.74) is 0. The van der Waals surface area contributed by atoms with E-state index in [0.29, 0.717) is 0 Å². The Morgan fingerprint density at radius 3 is 0.733 bits per heavy atom. The van der Waals surface area contributed by atoms with Gasteiger partial charge in [-0.2, -0.15) is 55.4 Å². The third kappa shape index (κ3) is 347. The molecule has 5 heteroatoms. The van der Waals surface area contributed by atoms with Crippen LogP contribution in [0.1, 0.15) is 13.8 Å². The van der Waals surface area contributed by atoms with Crippen LogP contribution in [0, 0.1) is 0 Å². The van der Waals surface area contributed by atoms with Gasteiger partial charge >= 0.3 is 0 Å². The van der Waals surface area contributed by atoms with Gasteiger partial charge in [-0.3, -0.25) is 0 Å². The Morgan fingerprint density at radius 2 is 0.733 bits per heavy atom. The van der Waals surface area contributed by atoms with Crippen LogP contribution in [-0.2, 0) is 22.4 Å². The van der Waals surface area contributed by atoms with Crippen LogP contribution < -0.4 is 0 Å². The number of nitrogens with zero attached hydrogens (tertiary/aromatic N) is 4. The normalized spacial score (nSPS) is 6.40. The van der Waals surface area contributed by atoms with Crippen molar-refractivity contribution in [3.05, 3.63) is 21.3 Å². The second kappa shape index (κ2) is 62.1. The molecule has 0 saturated heterocycles. The molecule has 97 valence electrons. The molecule has 1 radical (unpaired) electrons. The van der Waals surface area contributed by atoms with Crippen LogP contribution in [0.25, 0.3) is 21.3 Å². The molecule has 0 aliphatic carbocycles. The quantitative estimate of drug-likeness (QED) is 0.701. The van der Waals surface area contributed by atoms with Crippen molar-refractivity contribution in [2.24, 2.45) is 0 Å². The molecule has 0 aromatic rings. The Bertz CT molecular complexity index is 41.6. The van der Waals surface area contributed by atoms with Crippen molar-refractivity contribution in [1.29, 1.82) is 0 Å². The molecular weight excluding hydrogens is 357 g/mol. The zero-order valence-electron chi connectivity index (χ0n) is 11.7. The smallest absolute Gasteiger partial charge is 0 e. The Morgan fingerprint density at radius 1 is 0.600 bits per heavy atom. The van der Waals surface area contributed by atoms with E-state index in [1.807, 2.05) is 13.8 Å². The molecule has 0 atom stereocenters. The zero-order valence-corrected chi connectivity index (χ0v) is 14.9. The van der Waals surface area contributed by atoms with Gasteiger partial charge in [-0.05, 0) is 0 Å². The summed E-state index contributed by atoms with van der Waals surface area (Å²) >= 11 is 0. The molecule has 0 aromatic carbocycles. The molecular formula is C10H28N4Ta-4. The predicted molar refractivity (Wildman–Crippen MR) is 70.1 cm³/mol. The molecule has 0 fully saturated rings. The topological polar surface area (TPSA) is 56.4 Å². The van der Waals surface area contributed by atoms with Gasteiger partial charge in [0.25, 0.3) is 0 Å². The summed E-state index contributed by atoms with van der Waals surface area (Å²) in [6.07, 6.45) is 0. The van der Waals surface area contributed by atoms with E-state index in [4.69, 9.17) is 0 Å². The van der Waals surface area contributed by atoms with Gasteiger partial charge in [-0.15, -0.1) is 0 Å². The van der Waals surface area contributed by atoms with E-state index >= 15 is 0 Å². The van der Waals surface area contributed by atoms with E-state index in [1.165, 1.54) is 0 Å². The Kier molecular flexibility index (Phi) is 122. The molecule has 0 bridgehead atoms. The Labute approximate surface area is 113 Å². The van der Waals surface area contributed by atoms with Crippen molar-refractivity contribution in [3.63, 3.8) is 0 Å². The maximum atomic E-state index is 3.97. The maximum absolute atomic E-state index is 3.97. The summed E-state index contributed by atoms with van der Waals surface area (Å²) in [4.78, 5) is 0. The second-order valence-corrected chi connectivity index (χ2v) is 2.20. The molecule has 0 aromatic heterocycles. The van der Waals surface area contributed by atoms with Crippen molar-refractivity contribution in [2.75, 3.05) is 55.4 Å². The monoisotopic (exact) mass is 385 g/mol. The number of rotatable bonds is 2. The maximum Gasteiger partial charge on any atom is 0 e. The largest absolute Gasteiger partial charge is 0.668 e. The van der Waals surface area contributed by atoms with E-state index in [0.717, 1.165) is 13.1 Å². The first-order chi connectivity index (χ1) is 6.66. The van der Waals surface area contributed by atoms with Crippen LogP contribution in [0.3, 0.4) is 0 Å². The summed E-state index contributed by atoms with van der Waals surface area (Å²) in [7, 11) is 10.5. The SMILES string of the molecule is CC[N-]CC.C[N-]C.C[N-]C.C[N-]C.[Ta]. The van der Waals surface area contributed by atoms with Crippen LogP contribution in [-0.4, -0.2) is 55.4 Å². The van der Waals surface area contributed by atoms with Crippen molar-refractivity contribution in [1.82, 2.24) is 0 Å².